The molecule has 4 heteroatoms. The fourth-order valence-electron chi connectivity index (χ4n) is 2.94. The van der Waals surface area contributed by atoms with Crippen LogP contribution in [0.25, 0.3) is 11.0 Å². The zero-order valence-electron chi connectivity index (χ0n) is 14.9. The number of nitrogens with one attached hydrogen (secondary N) is 1. The number of para-hydroxylation sites is 1. The van der Waals surface area contributed by atoms with Crippen molar-refractivity contribution in [1.29, 1.82) is 0 Å². The minimum Gasteiger partial charge on any atom is -0.464 e. The number of carbonyl (C=O) groups excluding carboxylic acids is 1. The number of amides is 1. The maximum absolute atomic E-state index is 12.4. The Morgan fingerprint density at radius 1 is 0.963 bits per heavy atom. The molecule has 0 unspecified atom stereocenters. The predicted octanol–water partition coefficient (Wildman–Crippen LogP) is 5.71. The number of carbonyl (C=O) groups is 1. The van der Waals surface area contributed by atoms with Crippen LogP contribution in [-0.4, -0.2) is 5.91 Å². The molecular formula is C23H19NO3. The van der Waals surface area contributed by atoms with Crippen LogP contribution in [0.3, 0.4) is 0 Å². The van der Waals surface area contributed by atoms with Crippen LogP contribution in [-0.2, 0) is 11.2 Å². The molecule has 0 aliphatic carbocycles. The third-order valence-electron chi connectivity index (χ3n) is 4.28. The number of anilines is 1. The van der Waals surface area contributed by atoms with Crippen molar-refractivity contribution in [3.63, 3.8) is 0 Å². The van der Waals surface area contributed by atoms with E-state index >= 15 is 0 Å². The molecule has 3 aromatic carbocycles. The monoisotopic (exact) mass is 357 g/mol. The lowest BCUT2D eigenvalue weighted by molar-refractivity contribution is -0.115. The van der Waals surface area contributed by atoms with E-state index in [1.54, 1.807) is 6.26 Å². The Labute approximate surface area is 157 Å². The molecule has 0 bridgehead atoms. The number of rotatable bonds is 5. The summed E-state index contributed by atoms with van der Waals surface area (Å²) in [4.78, 5) is 12.4. The zero-order valence-corrected chi connectivity index (χ0v) is 14.9. The van der Waals surface area contributed by atoms with Gasteiger partial charge < -0.3 is 14.5 Å². The van der Waals surface area contributed by atoms with Crippen molar-refractivity contribution in [2.45, 2.75) is 13.3 Å². The molecule has 134 valence electrons. The normalized spacial score (nSPS) is 10.7. The summed E-state index contributed by atoms with van der Waals surface area (Å²) in [5.74, 6) is 1.40. The molecule has 1 aromatic heterocycles. The van der Waals surface area contributed by atoms with Crippen molar-refractivity contribution in [2.75, 3.05) is 5.32 Å². The summed E-state index contributed by atoms with van der Waals surface area (Å²) in [7, 11) is 0. The summed E-state index contributed by atoms with van der Waals surface area (Å²) in [5.41, 5.74) is 3.54. The number of furan rings is 1. The summed E-state index contributed by atoms with van der Waals surface area (Å²) in [6.45, 7) is 2.01. The molecule has 0 saturated carbocycles. The van der Waals surface area contributed by atoms with Crippen LogP contribution < -0.4 is 10.1 Å². The van der Waals surface area contributed by atoms with Gasteiger partial charge in [-0.05, 0) is 55.0 Å². The second-order valence-corrected chi connectivity index (χ2v) is 6.42. The van der Waals surface area contributed by atoms with E-state index in [1.807, 2.05) is 79.7 Å². The molecule has 1 heterocycles. The summed E-state index contributed by atoms with van der Waals surface area (Å²) in [5, 5.41) is 3.89. The molecule has 1 N–H and O–H groups in total. The summed E-state index contributed by atoms with van der Waals surface area (Å²) in [6, 6.07) is 22.9. The van der Waals surface area contributed by atoms with Crippen LogP contribution in [0.1, 0.15) is 11.1 Å². The maximum Gasteiger partial charge on any atom is 0.228 e. The molecule has 0 aliphatic heterocycles. The largest absolute Gasteiger partial charge is 0.464 e. The lowest BCUT2D eigenvalue weighted by Gasteiger charge is -2.08. The first-order valence-corrected chi connectivity index (χ1v) is 8.77. The van der Waals surface area contributed by atoms with Gasteiger partial charge in [-0.25, -0.2) is 0 Å². The maximum atomic E-state index is 12.4. The predicted molar refractivity (Wildman–Crippen MR) is 106 cm³/mol. The highest BCUT2D eigenvalue weighted by atomic mass is 16.5. The van der Waals surface area contributed by atoms with Gasteiger partial charge in [-0.15, -0.1) is 0 Å². The Balaban J connectivity index is 1.40. The van der Waals surface area contributed by atoms with Crippen LogP contribution in [0.5, 0.6) is 11.5 Å². The number of hydrogen-bond acceptors (Lipinski definition) is 3. The molecule has 0 spiro atoms. The Morgan fingerprint density at radius 2 is 1.70 bits per heavy atom. The van der Waals surface area contributed by atoms with E-state index in [1.165, 1.54) is 0 Å². The standard InChI is InChI=1S/C23H19NO3/c1-16-7-12-21-17(15-26-22(21)13-16)14-23(25)24-18-8-10-20(11-9-18)27-19-5-3-2-4-6-19/h2-13,15H,14H2,1H3,(H,24,25). The molecule has 0 radical (unpaired) electrons. The molecule has 1 amide bonds. The van der Waals surface area contributed by atoms with Crippen molar-refractivity contribution >= 4 is 22.6 Å². The first-order chi connectivity index (χ1) is 13.2. The first-order valence-electron chi connectivity index (χ1n) is 8.77. The summed E-state index contributed by atoms with van der Waals surface area (Å²) < 4.78 is 11.3. The first kappa shape index (κ1) is 16.9. The molecule has 0 atom stereocenters. The molecule has 0 aliphatic rings. The topological polar surface area (TPSA) is 51.5 Å². The van der Waals surface area contributed by atoms with E-state index in [0.717, 1.165) is 39.3 Å². The fraction of sp³-hybridized carbons (Fsp3) is 0.0870. The van der Waals surface area contributed by atoms with Crippen molar-refractivity contribution < 1.29 is 13.9 Å². The molecule has 27 heavy (non-hydrogen) atoms. The van der Waals surface area contributed by atoms with E-state index < -0.39 is 0 Å². The molecular weight excluding hydrogens is 338 g/mol. The minimum atomic E-state index is -0.0880. The zero-order chi connectivity index (χ0) is 18.6. The van der Waals surface area contributed by atoms with Crippen molar-refractivity contribution in [3.05, 3.63) is 90.2 Å². The van der Waals surface area contributed by atoms with Gasteiger partial charge in [0, 0.05) is 16.6 Å². The van der Waals surface area contributed by atoms with E-state index in [0.29, 0.717) is 0 Å². The third-order valence-corrected chi connectivity index (χ3v) is 4.28. The molecule has 4 rings (SSSR count). The summed E-state index contributed by atoms with van der Waals surface area (Å²) in [6.07, 6.45) is 1.92. The highest BCUT2D eigenvalue weighted by Crippen LogP contribution is 2.24. The number of fused-ring (bicyclic) bond motifs is 1. The molecule has 0 saturated heterocycles. The SMILES string of the molecule is Cc1ccc2c(CC(=O)Nc3ccc(Oc4ccccc4)cc3)coc2c1. The van der Waals surface area contributed by atoms with Gasteiger partial charge in [0.05, 0.1) is 12.7 Å². The number of hydrogen-bond donors (Lipinski definition) is 1. The number of aryl methyl sites for hydroxylation is 1. The molecule has 4 aromatic rings. The Bertz CT molecular complexity index is 1070. The van der Waals surface area contributed by atoms with Gasteiger partial charge in [-0.1, -0.05) is 30.3 Å². The van der Waals surface area contributed by atoms with Crippen LogP contribution in [0.4, 0.5) is 5.69 Å². The summed E-state index contributed by atoms with van der Waals surface area (Å²) >= 11 is 0. The number of ether oxygens (including phenoxy) is 1. The Morgan fingerprint density at radius 3 is 2.48 bits per heavy atom. The van der Waals surface area contributed by atoms with Crippen LogP contribution in [0.15, 0.2) is 83.5 Å². The highest BCUT2D eigenvalue weighted by molar-refractivity contribution is 5.95. The number of benzene rings is 3. The highest BCUT2D eigenvalue weighted by Gasteiger charge is 2.11. The average Bonchev–Trinajstić information content (AvgIpc) is 3.06. The van der Waals surface area contributed by atoms with Gasteiger partial charge in [-0.3, -0.25) is 4.79 Å². The minimum absolute atomic E-state index is 0.0880. The van der Waals surface area contributed by atoms with Crippen molar-refractivity contribution in [3.8, 4) is 11.5 Å². The third kappa shape index (κ3) is 4.01. The van der Waals surface area contributed by atoms with Gasteiger partial charge in [-0.2, -0.15) is 0 Å². The van der Waals surface area contributed by atoms with Gasteiger partial charge >= 0.3 is 0 Å². The Kier molecular flexibility index (Phi) is 4.62. The quantitative estimate of drug-likeness (QED) is 0.497. The smallest absolute Gasteiger partial charge is 0.228 e. The van der Waals surface area contributed by atoms with Crippen molar-refractivity contribution in [2.24, 2.45) is 0 Å². The molecule has 4 nitrogen and oxygen atoms in total. The van der Waals surface area contributed by atoms with Crippen LogP contribution >= 0.6 is 0 Å². The van der Waals surface area contributed by atoms with Gasteiger partial charge in [0.1, 0.15) is 17.1 Å². The van der Waals surface area contributed by atoms with Crippen molar-refractivity contribution in [1.82, 2.24) is 0 Å². The molecule has 0 fully saturated rings. The van der Waals surface area contributed by atoms with Gasteiger partial charge in [0.2, 0.25) is 5.91 Å². The van der Waals surface area contributed by atoms with Crippen LogP contribution in [0.2, 0.25) is 0 Å². The second kappa shape index (κ2) is 7.38. The van der Waals surface area contributed by atoms with E-state index in [9.17, 15) is 4.79 Å². The lowest BCUT2D eigenvalue weighted by atomic mass is 10.1. The Hall–Kier alpha value is -3.53. The van der Waals surface area contributed by atoms with Crippen LogP contribution in [0, 0.1) is 6.92 Å². The average molecular weight is 357 g/mol. The fourth-order valence-corrected chi connectivity index (χ4v) is 2.94. The van der Waals surface area contributed by atoms with E-state index in [2.05, 4.69) is 5.32 Å². The second-order valence-electron chi connectivity index (χ2n) is 6.42. The van der Waals surface area contributed by atoms with E-state index in [4.69, 9.17) is 9.15 Å². The van der Waals surface area contributed by atoms with Gasteiger partial charge in [0.25, 0.3) is 0 Å². The lowest BCUT2D eigenvalue weighted by Crippen LogP contribution is -2.14. The van der Waals surface area contributed by atoms with Gasteiger partial charge in [0.15, 0.2) is 0 Å². The van der Waals surface area contributed by atoms with E-state index in [-0.39, 0.29) is 12.3 Å².